The van der Waals surface area contributed by atoms with Gasteiger partial charge in [-0.3, -0.25) is 19.3 Å². The van der Waals surface area contributed by atoms with Crippen LogP contribution in [-0.4, -0.2) is 49.5 Å². The van der Waals surface area contributed by atoms with Gasteiger partial charge in [-0.1, -0.05) is 5.04 Å². The number of carboxylic acids is 1. The van der Waals surface area contributed by atoms with Crippen molar-refractivity contribution in [3.8, 4) is 11.5 Å². The van der Waals surface area contributed by atoms with Gasteiger partial charge in [0.1, 0.15) is 28.2 Å². The smallest absolute Gasteiger partial charge is 0.591 e. The molecule has 0 amide bonds. The number of nitrogen functional groups attached to an aromatic ring is 1. The SMILES string of the molecule is CC(=O)O.Nc1c(N=Nc2ccncc2[OH2+])c(S(=O)(=O)O)cc2cc(SOOO)c(N=Nc3cccnc3)c(O)c12.[Cu+]. The molecule has 0 spiro atoms. The summed E-state index contributed by atoms with van der Waals surface area (Å²) in [6, 6.07) is 6.86. The van der Waals surface area contributed by atoms with Crippen molar-refractivity contribution in [2.24, 2.45) is 20.5 Å². The van der Waals surface area contributed by atoms with Crippen LogP contribution in [0, 0.1) is 0 Å². The molecular weight excluding hydrogens is 650 g/mol. The molecule has 0 aliphatic rings. The third-order valence-corrected chi connectivity index (χ3v) is 6.20. The van der Waals surface area contributed by atoms with Crippen molar-refractivity contribution >= 4 is 67.3 Å². The third-order valence-electron chi connectivity index (χ3n) is 4.71. The fourth-order valence-corrected chi connectivity index (χ4v) is 4.29. The molecule has 224 valence electrons. The molecule has 2 aromatic heterocycles. The Morgan fingerprint density at radius 1 is 1.07 bits per heavy atom. The van der Waals surface area contributed by atoms with Crippen molar-refractivity contribution in [3.63, 3.8) is 0 Å². The zero-order valence-corrected chi connectivity index (χ0v) is 23.5. The maximum atomic E-state index is 12.2. The average Bonchev–Trinajstić information content (AvgIpc) is 2.91. The number of carboxylic acid groups (broad SMARTS) is 1. The number of aromatic nitrogens is 2. The Morgan fingerprint density at radius 3 is 2.33 bits per heavy atom. The summed E-state index contributed by atoms with van der Waals surface area (Å²) in [5.74, 6) is -1.50. The van der Waals surface area contributed by atoms with E-state index in [2.05, 4.69) is 39.8 Å². The minimum absolute atomic E-state index is 0. The van der Waals surface area contributed by atoms with E-state index in [9.17, 15) is 18.1 Å². The van der Waals surface area contributed by atoms with E-state index in [0.717, 1.165) is 13.0 Å². The number of azo groups is 2. The first-order valence-electron chi connectivity index (χ1n) is 10.8. The van der Waals surface area contributed by atoms with E-state index in [1.54, 1.807) is 12.1 Å². The van der Waals surface area contributed by atoms with Crippen molar-refractivity contribution < 1.29 is 64.8 Å². The maximum absolute atomic E-state index is 12.2. The van der Waals surface area contributed by atoms with E-state index in [-0.39, 0.29) is 55.5 Å². The van der Waals surface area contributed by atoms with Crippen molar-refractivity contribution in [1.29, 1.82) is 0 Å². The standard InChI is InChI=1S/C20H15N7O8S2.C2H4O2.Cu/c21-17-16-10(7-15(37(31,32)33)19(17)27-25-12-3-5-23-9-13(12)28)6-14(36-35-34-30)18(20(16)29)26-24-11-2-1-4-22-8-11;1-2(3)4;/h1-9,28-30H,21H2,(H,31,32,33);1H3,(H,3,4);/q;;+1/p+1. The Hall–Kier alpha value is -4.27. The Bertz CT molecular complexity index is 1740. The van der Waals surface area contributed by atoms with E-state index in [4.69, 9.17) is 26.0 Å². The molecule has 0 atom stereocenters. The van der Waals surface area contributed by atoms with E-state index in [0.29, 0.717) is 17.7 Å². The van der Waals surface area contributed by atoms with Gasteiger partial charge in [-0.05, 0) is 35.7 Å². The minimum atomic E-state index is -4.89. The number of nitrogens with two attached hydrogens (primary N) is 1. The molecule has 0 unspecified atom stereocenters. The molecule has 17 nitrogen and oxygen atoms in total. The summed E-state index contributed by atoms with van der Waals surface area (Å²) < 4.78 is 38.6. The van der Waals surface area contributed by atoms with Crippen molar-refractivity contribution in [1.82, 2.24) is 9.97 Å². The number of aromatic hydroxyl groups is 1. The minimum Gasteiger partial charge on any atom is -0.591 e. The van der Waals surface area contributed by atoms with Gasteiger partial charge in [0, 0.05) is 19.3 Å². The van der Waals surface area contributed by atoms with Crippen LogP contribution in [0.5, 0.6) is 11.5 Å². The summed E-state index contributed by atoms with van der Waals surface area (Å²) in [6.07, 6.45) is 5.49. The van der Waals surface area contributed by atoms with Gasteiger partial charge in [0.2, 0.25) is 0 Å². The predicted octanol–water partition coefficient (Wildman–Crippen LogP) is 4.95. The monoisotopic (exact) mass is 669 g/mol. The molecule has 0 radical (unpaired) electrons. The number of nitrogens with zero attached hydrogens (tertiary/aromatic N) is 6. The number of benzene rings is 2. The first kappa shape index (κ1) is 33.9. The number of fused-ring (bicyclic) bond motifs is 1. The molecule has 0 saturated carbocycles. The van der Waals surface area contributed by atoms with Crippen LogP contribution in [0.4, 0.5) is 28.4 Å². The molecule has 0 saturated heterocycles. The van der Waals surface area contributed by atoms with Crippen LogP contribution in [0.3, 0.4) is 0 Å². The number of hydrogen-bond donors (Lipinski definition) is 5. The van der Waals surface area contributed by atoms with Crippen LogP contribution >= 0.6 is 12.0 Å². The Labute approximate surface area is 251 Å². The molecular formula is C22H20CuN7O10S2+2. The van der Waals surface area contributed by atoms with Crippen molar-refractivity contribution in [2.75, 3.05) is 5.73 Å². The Kier molecular flexibility index (Phi) is 12.2. The zero-order valence-electron chi connectivity index (χ0n) is 20.9. The molecule has 8 N–H and O–H groups in total. The molecule has 42 heavy (non-hydrogen) atoms. The number of anilines is 1. The number of phenolic OH excluding ortho intramolecular Hbond substituents is 1. The molecule has 4 aromatic rings. The average molecular weight is 670 g/mol. The molecule has 0 bridgehead atoms. The van der Waals surface area contributed by atoms with Crippen LogP contribution in [0.2, 0.25) is 0 Å². The summed E-state index contributed by atoms with van der Waals surface area (Å²) in [5, 5.41) is 54.1. The van der Waals surface area contributed by atoms with Crippen LogP contribution in [0.1, 0.15) is 6.92 Å². The number of hydrogen-bond acceptors (Lipinski definition) is 15. The van der Waals surface area contributed by atoms with Gasteiger partial charge >= 0.3 is 22.8 Å². The summed E-state index contributed by atoms with van der Waals surface area (Å²) in [4.78, 5) is 16.0. The summed E-state index contributed by atoms with van der Waals surface area (Å²) in [7, 11) is -4.89. The second kappa shape index (κ2) is 15.1. The number of rotatable bonds is 8. The Morgan fingerprint density at radius 2 is 1.74 bits per heavy atom. The predicted molar refractivity (Wildman–Crippen MR) is 144 cm³/mol. The van der Waals surface area contributed by atoms with Gasteiger partial charge in [0.15, 0.2) is 11.4 Å². The Balaban J connectivity index is 0.00000116. The maximum Gasteiger partial charge on any atom is 1.00 e. The molecule has 0 aliphatic carbocycles. The first-order chi connectivity index (χ1) is 19.4. The zero-order chi connectivity index (χ0) is 30.2. The molecule has 2 aromatic carbocycles. The van der Waals surface area contributed by atoms with Crippen molar-refractivity contribution in [3.05, 3.63) is 55.1 Å². The topological polar surface area (TPSA) is 275 Å². The second-order valence-corrected chi connectivity index (χ2v) is 9.66. The number of phenols is 1. The van der Waals surface area contributed by atoms with E-state index in [1.165, 1.54) is 36.9 Å². The summed E-state index contributed by atoms with van der Waals surface area (Å²) in [5.41, 5.74) is 5.54. The van der Waals surface area contributed by atoms with Crippen LogP contribution in [-0.2, 0) is 41.4 Å². The van der Waals surface area contributed by atoms with Gasteiger partial charge < -0.3 is 21.1 Å². The number of pyridine rings is 2. The summed E-state index contributed by atoms with van der Waals surface area (Å²) >= 11 is 0.421. The fourth-order valence-electron chi connectivity index (χ4n) is 3.12. The van der Waals surface area contributed by atoms with Gasteiger partial charge in [-0.2, -0.15) is 8.42 Å². The number of carbonyl (C=O) groups is 1. The molecule has 0 aliphatic heterocycles. The van der Waals surface area contributed by atoms with Gasteiger partial charge in [0.05, 0.1) is 34.2 Å². The quantitative estimate of drug-likeness (QED) is 0.0243. The third kappa shape index (κ3) is 8.61. The van der Waals surface area contributed by atoms with Gasteiger partial charge in [-0.15, -0.1) is 24.8 Å². The van der Waals surface area contributed by atoms with Crippen LogP contribution < -0.4 is 5.73 Å². The molecule has 2 heterocycles. The van der Waals surface area contributed by atoms with E-state index >= 15 is 0 Å². The van der Waals surface area contributed by atoms with E-state index in [1.807, 2.05) is 0 Å². The van der Waals surface area contributed by atoms with Gasteiger partial charge in [0.25, 0.3) is 16.1 Å². The normalized spacial score (nSPS) is 11.3. The molecule has 0 fully saturated rings. The van der Waals surface area contributed by atoms with Crippen LogP contribution in [0.15, 0.2) is 85.4 Å². The fraction of sp³-hybridized carbons (Fsp3) is 0.0455. The van der Waals surface area contributed by atoms with Crippen molar-refractivity contribution in [2.45, 2.75) is 16.7 Å². The summed E-state index contributed by atoms with van der Waals surface area (Å²) in [6.45, 7) is 1.08. The molecule has 20 heteroatoms. The largest absolute Gasteiger partial charge is 1.00 e. The number of aliphatic carboxylic acids is 1. The second-order valence-electron chi connectivity index (χ2n) is 7.53. The van der Waals surface area contributed by atoms with E-state index < -0.39 is 32.4 Å². The van der Waals surface area contributed by atoms with Crippen LogP contribution in [0.25, 0.3) is 10.8 Å². The first-order valence-corrected chi connectivity index (χ1v) is 12.9. The van der Waals surface area contributed by atoms with Gasteiger partial charge in [-0.25, -0.2) is 5.26 Å². The molecule has 4 rings (SSSR count).